The first-order chi connectivity index (χ1) is 12.4. The minimum atomic E-state index is -0.520. The van der Waals surface area contributed by atoms with Crippen LogP contribution in [0.25, 0.3) is 10.9 Å². The van der Waals surface area contributed by atoms with Crippen molar-refractivity contribution in [1.82, 2.24) is 9.55 Å². The molecule has 0 radical (unpaired) electrons. The van der Waals surface area contributed by atoms with Gasteiger partial charge < -0.3 is 10.6 Å². The molecule has 0 bridgehead atoms. The van der Waals surface area contributed by atoms with Crippen molar-refractivity contribution in [3.63, 3.8) is 0 Å². The molecular weight excluding hydrogens is 335 g/mol. The van der Waals surface area contributed by atoms with Gasteiger partial charge in [-0.2, -0.15) is 0 Å². The van der Waals surface area contributed by atoms with Crippen LogP contribution < -0.4 is 21.9 Å². The summed E-state index contributed by atoms with van der Waals surface area (Å²) in [5, 5.41) is 0.253. The molecule has 3 N–H and O–H groups in total. The van der Waals surface area contributed by atoms with Gasteiger partial charge >= 0.3 is 5.69 Å². The molecule has 0 amide bonds. The largest absolute Gasteiger partial charge is 0.369 e. The SMILES string of the molecule is Cc1c(N2CC[C@@H](C3(N)CC3)C2)c(F)cc2c(=O)[nH]c(=O)n(C3CC3)c12. The fourth-order valence-corrected chi connectivity index (χ4v) is 4.62. The van der Waals surface area contributed by atoms with Crippen molar-refractivity contribution in [3.8, 4) is 0 Å². The number of aromatic amines is 1. The zero-order valence-corrected chi connectivity index (χ0v) is 14.8. The van der Waals surface area contributed by atoms with E-state index in [4.69, 9.17) is 5.73 Å². The van der Waals surface area contributed by atoms with Crippen LogP contribution in [-0.4, -0.2) is 28.2 Å². The van der Waals surface area contributed by atoms with Crippen molar-refractivity contribution < 1.29 is 4.39 Å². The van der Waals surface area contributed by atoms with E-state index in [9.17, 15) is 14.0 Å². The van der Waals surface area contributed by atoms with Gasteiger partial charge in [0, 0.05) is 30.2 Å². The zero-order valence-electron chi connectivity index (χ0n) is 14.8. The van der Waals surface area contributed by atoms with E-state index in [2.05, 4.69) is 4.98 Å². The molecule has 1 saturated heterocycles. The first-order valence-electron chi connectivity index (χ1n) is 9.40. The van der Waals surface area contributed by atoms with Gasteiger partial charge in [-0.1, -0.05) is 0 Å². The van der Waals surface area contributed by atoms with Crippen molar-refractivity contribution in [2.75, 3.05) is 18.0 Å². The van der Waals surface area contributed by atoms with E-state index in [1.165, 1.54) is 6.07 Å². The van der Waals surface area contributed by atoms with Crippen LogP contribution >= 0.6 is 0 Å². The number of hydrogen-bond donors (Lipinski definition) is 2. The maximum absolute atomic E-state index is 15.0. The van der Waals surface area contributed by atoms with Gasteiger partial charge in [0.2, 0.25) is 0 Å². The number of hydrogen-bond acceptors (Lipinski definition) is 4. The summed E-state index contributed by atoms with van der Waals surface area (Å²) in [5.41, 5.74) is 7.13. The number of rotatable bonds is 3. The van der Waals surface area contributed by atoms with Gasteiger partial charge in [0.25, 0.3) is 5.56 Å². The van der Waals surface area contributed by atoms with E-state index in [0.717, 1.165) is 45.2 Å². The molecule has 5 rings (SSSR count). The predicted octanol–water partition coefficient (Wildman–Crippen LogP) is 1.79. The maximum atomic E-state index is 15.0. The van der Waals surface area contributed by atoms with Crippen molar-refractivity contribution >= 4 is 16.6 Å². The van der Waals surface area contributed by atoms with Crippen LogP contribution in [0.5, 0.6) is 0 Å². The second-order valence-corrected chi connectivity index (χ2v) is 8.25. The van der Waals surface area contributed by atoms with Crippen molar-refractivity contribution in [2.45, 2.75) is 50.6 Å². The highest BCUT2D eigenvalue weighted by Gasteiger charge is 2.48. The summed E-state index contributed by atoms with van der Waals surface area (Å²) in [5.74, 6) is -0.0224. The van der Waals surface area contributed by atoms with Gasteiger partial charge in [-0.05, 0) is 51.0 Å². The third kappa shape index (κ3) is 2.26. The average molecular weight is 358 g/mol. The van der Waals surface area contributed by atoms with Crippen LogP contribution in [0, 0.1) is 18.7 Å². The lowest BCUT2D eigenvalue weighted by Gasteiger charge is -2.25. The molecule has 2 aliphatic carbocycles. The quantitative estimate of drug-likeness (QED) is 0.876. The van der Waals surface area contributed by atoms with E-state index in [1.807, 2.05) is 11.8 Å². The minimum Gasteiger partial charge on any atom is -0.369 e. The molecule has 7 heteroatoms. The molecule has 1 aliphatic heterocycles. The summed E-state index contributed by atoms with van der Waals surface area (Å²) >= 11 is 0. The third-order valence-electron chi connectivity index (χ3n) is 6.44. The Labute approximate surface area is 149 Å². The van der Waals surface area contributed by atoms with Crippen molar-refractivity contribution in [3.05, 3.63) is 38.3 Å². The monoisotopic (exact) mass is 358 g/mol. The Morgan fingerprint density at radius 2 is 2.00 bits per heavy atom. The number of aryl methyl sites for hydroxylation is 1. The van der Waals surface area contributed by atoms with Crippen molar-refractivity contribution in [2.24, 2.45) is 11.7 Å². The number of aromatic nitrogens is 2. The van der Waals surface area contributed by atoms with Gasteiger partial charge in [-0.25, -0.2) is 9.18 Å². The Bertz CT molecular complexity index is 1030. The average Bonchev–Trinajstić information content (AvgIpc) is 3.50. The van der Waals surface area contributed by atoms with Crippen LogP contribution in [0.1, 0.15) is 43.7 Å². The van der Waals surface area contributed by atoms with Crippen molar-refractivity contribution in [1.29, 1.82) is 0 Å². The van der Waals surface area contributed by atoms with E-state index in [1.54, 1.807) is 4.57 Å². The Morgan fingerprint density at radius 3 is 2.65 bits per heavy atom. The molecule has 2 heterocycles. The fourth-order valence-electron chi connectivity index (χ4n) is 4.62. The summed E-state index contributed by atoms with van der Waals surface area (Å²) in [6, 6.07) is 1.39. The molecule has 0 unspecified atom stereocenters. The lowest BCUT2D eigenvalue weighted by molar-refractivity contribution is 0.442. The first-order valence-corrected chi connectivity index (χ1v) is 9.40. The molecule has 3 fully saturated rings. The Hall–Kier alpha value is -2.15. The molecule has 138 valence electrons. The highest BCUT2D eigenvalue weighted by molar-refractivity contribution is 5.87. The standard InChI is InChI=1S/C19H23FN4O2/c1-10-15-13(17(25)22-18(26)24(15)12-2-3-12)8-14(20)16(10)23-7-4-11(9-23)19(21)5-6-19/h8,11-12H,2-7,9,21H2,1H3,(H,22,25,26)/t11-/m1/s1. The van der Waals surface area contributed by atoms with Crippen LogP contribution in [-0.2, 0) is 0 Å². The molecule has 1 aromatic carbocycles. The number of anilines is 1. The molecular formula is C19H23FN4O2. The lowest BCUT2D eigenvalue weighted by atomic mass is 9.97. The van der Waals surface area contributed by atoms with Gasteiger partial charge in [-0.3, -0.25) is 14.3 Å². The van der Waals surface area contributed by atoms with Crippen LogP contribution in [0.15, 0.2) is 15.7 Å². The minimum absolute atomic E-state index is 0.0801. The number of benzene rings is 1. The molecule has 0 spiro atoms. The number of fused-ring (bicyclic) bond motifs is 1. The maximum Gasteiger partial charge on any atom is 0.329 e. The van der Waals surface area contributed by atoms with Crippen LogP contribution in [0.2, 0.25) is 0 Å². The highest BCUT2D eigenvalue weighted by Crippen LogP contribution is 2.45. The van der Waals surface area contributed by atoms with Gasteiger partial charge in [0.15, 0.2) is 0 Å². The summed E-state index contributed by atoms with van der Waals surface area (Å²) in [4.78, 5) is 29.0. The second-order valence-electron chi connectivity index (χ2n) is 8.25. The Kier molecular flexibility index (Phi) is 3.20. The molecule has 2 aromatic rings. The van der Waals surface area contributed by atoms with Crippen LogP contribution in [0.3, 0.4) is 0 Å². The normalized spacial score (nSPS) is 24.4. The van der Waals surface area contributed by atoms with Gasteiger partial charge in [0.05, 0.1) is 16.6 Å². The number of nitrogens with zero attached hydrogens (tertiary/aromatic N) is 2. The number of halogens is 1. The topological polar surface area (TPSA) is 84.1 Å². The lowest BCUT2D eigenvalue weighted by Crippen LogP contribution is -2.35. The summed E-state index contributed by atoms with van der Waals surface area (Å²) in [6.45, 7) is 3.31. The van der Waals surface area contributed by atoms with E-state index < -0.39 is 17.1 Å². The van der Waals surface area contributed by atoms with E-state index in [-0.39, 0.29) is 17.0 Å². The highest BCUT2D eigenvalue weighted by atomic mass is 19.1. The van der Waals surface area contributed by atoms with Crippen LogP contribution in [0.4, 0.5) is 10.1 Å². The first kappa shape index (κ1) is 16.1. The predicted molar refractivity (Wildman–Crippen MR) is 98.3 cm³/mol. The molecule has 6 nitrogen and oxygen atoms in total. The number of H-pyrrole nitrogens is 1. The number of nitrogens with one attached hydrogen (secondary N) is 1. The smallest absolute Gasteiger partial charge is 0.329 e. The molecule has 3 aliphatic rings. The summed E-state index contributed by atoms with van der Waals surface area (Å²) < 4.78 is 16.6. The molecule has 1 aromatic heterocycles. The Balaban J connectivity index is 1.68. The molecule has 2 saturated carbocycles. The van der Waals surface area contributed by atoms with Gasteiger partial charge in [-0.15, -0.1) is 0 Å². The van der Waals surface area contributed by atoms with E-state index in [0.29, 0.717) is 22.7 Å². The van der Waals surface area contributed by atoms with E-state index >= 15 is 0 Å². The second kappa shape index (κ2) is 5.19. The van der Waals surface area contributed by atoms with Gasteiger partial charge in [0.1, 0.15) is 5.82 Å². The number of nitrogens with two attached hydrogens (primary N) is 1. The third-order valence-corrected chi connectivity index (χ3v) is 6.44. The zero-order chi connectivity index (χ0) is 18.2. The Morgan fingerprint density at radius 1 is 1.27 bits per heavy atom. The summed E-state index contributed by atoms with van der Waals surface area (Å²) in [7, 11) is 0. The molecule has 26 heavy (non-hydrogen) atoms. The molecule has 1 atom stereocenters. The fraction of sp³-hybridized carbons (Fsp3) is 0.579. The summed E-state index contributed by atoms with van der Waals surface area (Å²) in [6.07, 6.45) is 4.87.